The lowest BCUT2D eigenvalue weighted by atomic mass is 9.83. The van der Waals surface area contributed by atoms with Gasteiger partial charge in [-0.2, -0.15) is 0 Å². The Labute approximate surface area is 136 Å². The zero-order valence-corrected chi connectivity index (χ0v) is 13.0. The zero-order chi connectivity index (χ0) is 17.5. The first-order valence-electron chi connectivity index (χ1n) is 7.08. The normalized spacial score (nSPS) is 21.9. The molecule has 1 aromatic carbocycles. The largest absolute Gasteiger partial charge is 0.508 e. The summed E-state index contributed by atoms with van der Waals surface area (Å²) in [6.45, 7) is 0.162. The molecule has 0 amide bonds. The molecule has 1 N–H and O–H groups in total. The molecule has 0 fully saturated rings. The van der Waals surface area contributed by atoms with Gasteiger partial charge in [0.05, 0.1) is 20.8 Å². The maximum Gasteiger partial charge on any atom is 0.357 e. The Balaban J connectivity index is 2.27. The van der Waals surface area contributed by atoms with Gasteiger partial charge in [0.1, 0.15) is 22.9 Å². The molecule has 1 atom stereocenters. The van der Waals surface area contributed by atoms with Crippen molar-refractivity contribution in [3.05, 3.63) is 40.9 Å². The van der Waals surface area contributed by atoms with Crippen molar-refractivity contribution in [3.8, 4) is 5.75 Å². The van der Waals surface area contributed by atoms with Crippen LogP contribution >= 0.6 is 0 Å². The number of methoxy groups -OCH3 is 2. The zero-order valence-electron chi connectivity index (χ0n) is 13.0. The molecular formula is C16H14FNO6. The van der Waals surface area contributed by atoms with Crippen molar-refractivity contribution in [1.82, 2.24) is 0 Å². The van der Waals surface area contributed by atoms with Gasteiger partial charge in [-0.1, -0.05) is 0 Å². The molecule has 0 aliphatic carbocycles. The first kappa shape index (κ1) is 16.0. The number of nitrogens with zero attached hydrogens (tertiary/aromatic N) is 1. The average molecular weight is 335 g/mol. The van der Waals surface area contributed by atoms with Crippen LogP contribution in [-0.2, 0) is 24.6 Å². The van der Waals surface area contributed by atoms with E-state index >= 15 is 0 Å². The van der Waals surface area contributed by atoms with E-state index < -0.39 is 29.1 Å². The van der Waals surface area contributed by atoms with Crippen LogP contribution in [0.25, 0.3) is 0 Å². The third-order valence-corrected chi connectivity index (χ3v) is 4.04. The molecule has 7 nitrogen and oxygen atoms in total. The van der Waals surface area contributed by atoms with E-state index in [-0.39, 0.29) is 29.9 Å². The van der Waals surface area contributed by atoms with Crippen LogP contribution in [0.3, 0.4) is 0 Å². The Kier molecular flexibility index (Phi) is 3.75. The van der Waals surface area contributed by atoms with E-state index in [9.17, 15) is 19.1 Å². The molecule has 0 aromatic heterocycles. The van der Waals surface area contributed by atoms with Crippen LogP contribution in [0.2, 0.25) is 0 Å². The molecule has 0 bridgehead atoms. The smallest absolute Gasteiger partial charge is 0.357 e. The molecule has 2 aliphatic heterocycles. The van der Waals surface area contributed by atoms with E-state index in [2.05, 4.69) is 14.5 Å². The second-order valence-electron chi connectivity index (χ2n) is 5.27. The average Bonchev–Trinajstić information content (AvgIpc) is 2.88. The molecule has 3 rings (SSSR count). The predicted octanol–water partition coefficient (Wildman–Crippen LogP) is 1.42. The number of ether oxygens (including phenoxy) is 3. The summed E-state index contributed by atoms with van der Waals surface area (Å²) in [7, 11) is 2.24. The van der Waals surface area contributed by atoms with E-state index in [1.165, 1.54) is 12.1 Å². The van der Waals surface area contributed by atoms with Gasteiger partial charge in [-0.3, -0.25) is 4.99 Å². The van der Waals surface area contributed by atoms with Crippen molar-refractivity contribution in [2.24, 2.45) is 4.99 Å². The number of benzene rings is 1. The number of rotatable bonds is 2. The van der Waals surface area contributed by atoms with Crippen LogP contribution in [0.15, 0.2) is 34.5 Å². The number of aliphatic hydroxyl groups is 1. The molecule has 1 spiro atoms. The van der Waals surface area contributed by atoms with E-state index in [1.54, 1.807) is 0 Å². The molecule has 0 radical (unpaired) electrons. The maximum atomic E-state index is 13.7. The van der Waals surface area contributed by atoms with Crippen LogP contribution in [0.1, 0.15) is 12.0 Å². The Bertz CT molecular complexity index is 800. The second kappa shape index (κ2) is 5.63. The van der Waals surface area contributed by atoms with Gasteiger partial charge >= 0.3 is 11.9 Å². The van der Waals surface area contributed by atoms with Crippen LogP contribution in [0, 0.1) is 5.82 Å². The van der Waals surface area contributed by atoms with Crippen LogP contribution in [0.5, 0.6) is 5.75 Å². The molecule has 24 heavy (non-hydrogen) atoms. The molecule has 1 aromatic rings. The molecule has 1 unspecified atom stereocenters. The number of esters is 2. The Morgan fingerprint density at radius 1 is 1.29 bits per heavy atom. The number of aliphatic hydroxyl groups excluding tert-OH is 1. The lowest BCUT2D eigenvalue weighted by Crippen LogP contribution is -2.32. The van der Waals surface area contributed by atoms with E-state index in [4.69, 9.17) is 4.74 Å². The number of aliphatic imine (C=N–C) groups is 1. The number of hydrogen-bond acceptors (Lipinski definition) is 7. The molecule has 126 valence electrons. The third-order valence-electron chi connectivity index (χ3n) is 4.04. The highest BCUT2D eigenvalue weighted by molar-refractivity contribution is 6.50. The number of carbonyl (C=O) groups is 2. The molecular weight excluding hydrogens is 321 g/mol. The van der Waals surface area contributed by atoms with Crippen molar-refractivity contribution in [3.63, 3.8) is 0 Å². The standard InChI is InChI=1S/C16H14FNO6/c1-22-14(20)11-12(15(21)23-2)18-16(13(11)19)5-6-24-10-4-3-8(17)7-9(10)16/h3-4,7,19H,5-6H2,1-2H3. The minimum absolute atomic E-state index is 0.121. The van der Waals surface area contributed by atoms with Crippen LogP contribution in [-0.4, -0.2) is 43.6 Å². The van der Waals surface area contributed by atoms with Gasteiger partial charge in [0, 0.05) is 12.0 Å². The topological polar surface area (TPSA) is 94.4 Å². The Morgan fingerprint density at radius 2 is 2.00 bits per heavy atom. The maximum absolute atomic E-state index is 13.7. The summed E-state index contributed by atoms with van der Waals surface area (Å²) in [6, 6.07) is 3.77. The highest BCUT2D eigenvalue weighted by Crippen LogP contribution is 2.48. The monoisotopic (exact) mass is 335 g/mol. The fourth-order valence-electron chi connectivity index (χ4n) is 2.92. The molecule has 0 saturated heterocycles. The lowest BCUT2D eigenvalue weighted by molar-refractivity contribution is -0.137. The minimum Gasteiger partial charge on any atom is -0.508 e. The summed E-state index contributed by atoms with van der Waals surface area (Å²) in [5.74, 6) is -2.56. The van der Waals surface area contributed by atoms with Gasteiger partial charge in [-0.05, 0) is 18.2 Å². The summed E-state index contributed by atoms with van der Waals surface area (Å²) < 4.78 is 28.4. The van der Waals surface area contributed by atoms with Crippen molar-refractivity contribution < 1.29 is 33.3 Å². The van der Waals surface area contributed by atoms with Gasteiger partial charge < -0.3 is 19.3 Å². The third kappa shape index (κ3) is 2.14. The van der Waals surface area contributed by atoms with E-state index in [0.29, 0.717) is 5.75 Å². The summed E-state index contributed by atoms with van der Waals surface area (Å²) in [4.78, 5) is 28.2. The fourth-order valence-corrected chi connectivity index (χ4v) is 2.92. The quantitative estimate of drug-likeness (QED) is 0.822. The van der Waals surface area contributed by atoms with Gasteiger partial charge in [-0.25, -0.2) is 14.0 Å². The van der Waals surface area contributed by atoms with E-state index in [0.717, 1.165) is 20.3 Å². The molecule has 2 aliphatic rings. The van der Waals surface area contributed by atoms with Crippen molar-refractivity contribution in [2.75, 3.05) is 20.8 Å². The highest BCUT2D eigenvalue weighted by atomic mass is 19.1. The summed E-state index contributed by atoms with van der Waals surface area (Å²) in [5, 5.41) is 10.7. The van der Waals surface area contributed by atoms with Crippen molar-refractivity contribution in [1.29, 1.82) is 0 Å². The molecule has 0 saturated carbocycles. The van der Waals surface area contributed by atoms with Gasteiger partial charge in [-0.15, -0.1) is 0 Å². The van der Waals surface area contributed by atoms with Gasteiger partial charge in [0.25, 0.3) is 0 Å². The highest BCUT2D eigenvalue weighted by Gasteiger charge is 2.51. The van der Waals surface area contributed by atoms with Crippen LogP contribution in [0.4, 0.5) is 4.39 Å². The van der Waals surface area contributed by atoms with E-state index in [1.807, 2.05) is 0 Å². The second-order valence-corrected chi connectivity index (χ2v) is 5.27. The van der Waals surface area contributed by atoms with Gasteiger partial charge in [0.2, 0.25) is 0 Å². The fraction of sp³-hybridized carbons (Fsp3) is 0.312. The minimum atomic E-state index is -1.48. The first-order valence-corrected chi connectivity index (χ1v) is 7.08. The van der Waals surface area contributed by atoms with Crippen molar-refractivity contribution >= 4 is 17.7 Å². The summed E-state index contributed by atoms with van der Waals surface area (Å²) >= 11 is 0. The number of fused-ring (bicyclic) bond motifs is 2. The van der Waals surface area contributed by atoms with Crippen LogP contribution < -0.4 is 4.74 Å². The molecule has 8 heteroatoms. The Morgan fingerprint density at radius 3 is 2.67 bits per heavy atom. The first-order chi connectivity index (χ1) is 11.4. The summed E-state index contributed by atoms with van der Waals surface area (Å²) in [5.41, 5.74) is -2.00. The Hall–Kier alpha value is -2.90. The SMILES string of the molecule is COC(=O)C1=NC2(CCOc3ccc(F)cc32)C(O)=C1C(=O)OC. The van der Waals surface area contributed by atoms with Gasteiger partial charge in [0.15, 0.2) is 11.3 Å². The summed E-state index contributed by atoms with van der Waals surface area (Å²) in [6.07, 6.45) is 0.121. The molecule has 2 heterocycles. The number of halogens is 1. The lowest BCUT2D eigenvalue weighted by Gasteiger charge is -2.33. The number of hydrogen-bond donors (Lipinski definition) is 1. The predicted molar refractivity (Wildman–Crippen MR) is 79.3 cm³/mol. The number of carbonyl (C=O) groups excluding carboxylic acids is 2. The van der Waals surface area contributed by atoms with Crippen molar-refractivity contribution in [2.45, 2.75) is 12.0 Å².